The molecule has 0 atom stereocenters. The third kappa shape index (κ3) is 13.6. The van der Waals surface area contributed by atoms with E-state index in [1.165, 1.54) is 25.7 Å². The van der Waals surface area contributed by atoms with Crippen LogP contribution in [-0.4, -0.2) is 36.8 Å². The minimum absolute atomic E-state index is 1.40. The van der Waals surface area contributed by atoms with Gasteiger partial charge in [-0.1, -0.05) is 0 Å². The second-order valence-electron chi connectivity index (χ2n) is 7.04. The van der Waals surface area contributed by atoms with Crippen molar-refractivity contribution in [2.45, 2.75) is 64.2 Å². The van der Waals surface area contributed by atoms with Crippen LogP contribution in [0, 0.1) is 0 Å². The van der Waals surface area contributed by atoms with E-state index in [-0.39, 0.29) is 0 Å². The van der Waals surface area contributed by atoms with Crippen LogP contribution in [0.25, 0.3) is 0 Å². The Balaban J connectivity index is 3.23. The Morgan fingerprint density at radius 2 is 0.786 bits per heavy atom. The number of rotatable bonds is 7. The molecule has 0 aromatic rings. The number of hydrogen-bond acceptors (Lipinski definition) is 0. The van der Waals surface area contributed by atoms with Gasteiger partial charge in [0.05, 0.1) is 0 Å². The van der Waals surface area contributed by atoms with Crippen LogP contribution in [0.15, 0.2) is 0 Å². The van der Waals surface area contributed by atoms with Crippen molar-refractivity contribution in [2.24, 2.45) is 0 Å². The Hall–Kier alpha value is 1.60. The molecule has 0 aliphatic carbocycles. The first-order valence-corrected chi connectivity index (χ1v) is 27.4. The fourth-order valence-electron chi connectivity index (χ4n) is 1.66. The fraction of sp³-hybridized carbons (Fsp3) is 1.00. The van der Waals surface area contributed by atoms with Gasteiger partial charge in [0, 0.05) is 0 Å². The van der Waals surface area contributed by atoms with Crippen LogP contribution in [-0.2, 0) is 0 Å². The Morgan fingerprint density at radius 1 is 0.500 bits per heavy atom. The molecule has 0 rings (SSSR count). The summed E-state index contributed by atoms with van der Waals surface area (Å²) in [5, 5.41) is 0. The zero-order valence-corrected chi connectivity index (χ0v) is 17.0. The van der Waals surface area contributed by atoms with Crippen molar-refractivity contribution in [3.63, 3.8) is 0 Å². The molecule has 0 spiro atoms. The molecule has 0 nitrogen and oxygen atoms in total. The Bertz CT molecular complexity index is 121. The van der Waals surface area contributed by atoms with E-state index in [4.69, 9.17) is 0 Å². The molecular formula is C12H30Sn2. The quantitative estimate of drug-likeness (QED) is 0.398. The second kappa shape index (κ2) is 7.03. The molecule has 0 amide bonds. The van der Waals surface area contributed by atoms with E-state index in [0.29, 0.717) is 0 Å². The van der Waals surface area contributed by atoms with Gasteiger partial charge in [0.25, 0.3) is 0 Å². The predicted octanol–water partition coefficient (Wildman–Crippen LogP) is 5.22. The molecule has 0 aromatic heterocycles. The van der Waals surface area contributed by atoms with E-state index in [2.05, 4.69) is 29.6 Å². The SMILES string of the molecule is [CH3][Sn]([CH3])([CH3])[CH2]CCCC[CH2][Sn]([CH3])([CH3])[CH3]. The molecule has 0 unspecified atom stereocenters. The van der Waals surface area contributed by atoms with E-state index in [9.17, 15) is 0 Å². The topological polar surface area (TPSA) is 0 Å². The van der Waals surface area contributed by atoms with Crippen LogP contribution in [0.3, 0.4) is 0 Å². The summed E-state index contributed by atoms with van der Waals surface area (Å²) in [6.45, 7) is 0. The maximum absolute atomic E-state index is 2.56. The number of unbranched alkanes of at least 4 members (excludes halogenated alkanes) is 3. The second-order valence-corrected chi connectivity index (χ2v) is 39.1. The summed E-state index contributed by atoms with van der Waals surface area (Å²) in [5.74, 6) is 0. The van der Waals surface area contributed by atoms with Gasteiger partial charge in [0.2, 0.25) is 0 Å². The van der Waals surface area contributed by atoms with E-state index >= 15 is 0 Å². The molecule has 0 aromatic carbocycles. The number of hydrogen-bond donors (Lipinski definition) is 0. The zero-order chi connectivity index (χ0) is 11.2. The van der Waals surface area contributed by atoms with Crippen LogP contribution in [0.1, 0.15) is 25.7 Å². The summed E-state index contributed by atoms with van der Waals surface area (Å²) < 4.78 is 3.21. The summed E-state index contributed by atoms with van der Waals surface area (Å²) in [6.07, 6.45) is 6.07. The summed E-state index contributed by atoms with van der Waals surface area (Å²) in [4.78, 5) is 15.3. The van der Waals surface area contributed by atoms with Crippen LogP contribution in [0.4, 0.5) is 0 Å². The first-order valence-electron chi connectivity index (χ1n) is 6.21. The molecular weight excluding hydrogens is 382 g/mol. The molecule has 0 N–H and O–H groups in total. The Kier molecular flexibility index (Phi) is 7.83. The van der Waals surface area contributed by atoms with E-state index in [1.807, 2.05) is 0 Å². The average Bonchev–Trinajstić information content (AvgIpc) is 1.92. The molecule has 2 heteroatoms. The van der Waals surface area contributed by atoms with Crippen molar-refractivity contribution in [3.8, 4) is 0 Å². The monoisotopic (exact) mass is 414 g/mol. The molecule has 0 fully saturated rings. The summed E-state index contributed by atoms with van der Waals surface area (Å²) in [6, 6.07) is 0. The van der Waals surface area contributed by atoms with Crippen LogP contribution in [0.2, 0.25) is 38.5 Å². The predicted molar refractivity (Wildman–Crippen MR) is 74.8 cm³/mol. The fourth-order valence-corrected chi connectivity index (χ4v) is 9.15. The van der Waals surface area contributed by atoms with Gasteiger partial charge in [-0.15, -0.1) is 0 Å². The van der Waals surface area contributed by atoms with Gasteiger partial charge >= 0.3 is 101 Å². The van der Waals surface area contributed by atoms with Crippen molar-refractivity contribution < 1.29 is 0 Å². The maximum atomic E-state index is 2.56. The van der Waals surface area contributed by atoms with Crippen LogP contribution >= 0.6 is 0 Å². The van der Waals surface area contributed by atoms with E-state index < -0.39 is 36.8 Å². The molecule has 0 saturated heterocycles. The van der Waals surface area contributed by atoms with Crippen molar-refractivity contribution >= 4 is 36.8 Å². The van der Waals surface area contributed by atoms with E-state index in [1.54, 1.807) is 8.87 Å². The Labute approximate surface area is 100.0 Å². The summed E-state index contributed by atoms with van der Waals surface area (Å²) in [5.41, 5.74) is 0. The van der Waals surface area contributed by atoms with Gasteiger partial charge in [0.1, 0.15) is 0 Å². The molecule has 86 valence electrons. The van der Waals surface area contributed by atoms with Gasteiger partial charge in [0.15, 0.2) is 0 Å². The first kappa shape index (κ1) is 15.6. The standard InChI is InChI=1S/C6H12.6CH3.2Sn/c1-3-5-6-4-2;;;;;;;;/h1-6H2;6*1H3;;. The molecule has 0 heterocycles. The van der Waals surface area contributed by atoms with Crippen LogP contribution in [0.5, 0.6) is 0 Å². The third-order valence-corrected chi connectivity index (χ3v) is 13.2. The van der Waals surface area contributed by atoms with Gasteiger partial charge in [-0.05, 0) is 0 Å². The molecule has 0 aliphatic rings. The van der Waals surface area contributed by atoms with E-state index in [0.717, 1.165) is 0 Å². The average molecular weight is 412 g/mol. The van der Waals surface area contributed by atoms with Crippen molar-refractivity contribution in [3.05, 3.63) is 0 Å². The van der Waals surface area contributed by atoms with Crippen LogP contribution < -0.4 is 0 Å². The van der Waals surface area contributed by atoms with Crippen molar-refractivity contribution in [1.29, 1.82) is 0 Å². The molecule has 0 saturated carbocycles. The molecule has 0 radical (unpaired) electrons. The normalized spacial score (nSPS) is 13.3. The molecule has 14 heavy (non-hydrogen) atoms. The summed E-state index contributed by atoms with van der Waals surface area (Å²) >= 11 is -2.80. The minimum atomic E-state index is -1.40. The van der Waals surface area contributed by atoms with Gasteiger partial charge in [-0.2, -0.15) is 0 Å². The van der Waals surface area contributed by atoms with Gasteiger partial charge < -0.3 is 0 Å². The first-order chi connectivity index (χ1) is 6.21. The zero-order valence-electron chi connectivity index (χ0n) is 11.2. The van der Waals surface area contributed by atoms with Gasteiger partial charge in [-0.25, -0.2) is 0 Å². The molecule has 0 aliphatic heterocycles. The molecule has 0 bridgehead atoms. The summed E-state index contributed by atoms with van der Waals surface area (Å²) in [7, 11) is 0. The van der Waals surface area contributed by atoms with Crippen molar-refractivity contribution in [1.82, 2.24) is 0 Å². The Morgan fingerprint density at radius 3 is 1.00 bits per heavy atom. The van der Waals surface area contributed by atoms with Crippen molar-refractivity contribution in [2.75, 3.05) is 0 Å². The van der Waals surface area contributed by atoms with Gasteiger partial charge in [-0.3, -0.25) is 0 Å². The third-order valence-electron chi connectivity index (χ3n) is 2.60.